The lowest BCUT2D eigenvalue weighted by Crippen LogP contribution is -2.28. The molecular formula is C18H17ClFNO2. The van der Waals surface area contributed by atoms with Crippen molar-refractivity contribution >= 4 is 17.5 Å². The highest BCUT2D eigenvalue weighted by Crippen LogP contribution is 2.41. The average Bonchev–Trinajstić information content (AvgIpc) is 3.26. The van der Waals surface area contributed by atoms with Gasteiger partial charge in [0.25, 0.3) is 0 Å². The van der Waals surface area contributed by atoms with Gasteiger partial charge in [0.15, 0.2) is 0 Å². The van der Waals surface area contributed by atoms with Crippen molar-refractivity contribution in [1.29, 1.82) is 0 Å². The lowest BCUT2D eigenvalue weighted by atomic mass is 10.1. The van der Waals surface area contributed by atoms with E-state index in [4.69, 9.17) is 11.6 Å². The van der Waals surface area contributed by atoms with Crippen LogP contribution in [0.5, 0.6) is 0 Å². The first kappa shape index (κ1) is 16.0. The van der Waals surface area contributed by atoms with Gasteiger partial charge in [-0.3, -0.25) is 4.79 Å². The van der Waals surface area contributed by atoms with Gasteiger partial charge in [-0.2, -0.15) is 0 Å². The van der Waals surface area contributed by atoms with E-state index in [2.05, 4.69) is 5.32 Å². The largest absolute Gasteiger partial charge is 0.388 e. The maximum absolute atomic E-state index is 13.1. The summed E-state index contributed by atoms with van der Waals surface area (Å²) in [7, 11) is 0. The second kappa shape index (κ2) is 6.69. The number of aliphatic hydroxyl groups is 1. The van der Waals surface area contributed by atoms with Crippen molar-refractivity contribution in [2.24, 2.45) is 0 Å². The van der Waals surface area contributed by atoms with E-state index < -0.39 is 11.9 Å². The first-order chi connectivity index (χ1) is 11.0. The Bertz CT molecular complexity index is 722. The van der Waals surface area contributed by atoms with Crippen LogP contribution in [0.25, 0.3) is 0 Å². The molecule has 2 aromatic rings. The maximum Gasteiger partial charge on any atom is 0.223 e. The number of hydrogen-bond donors (Lipinski definition) is 2. The quantitative estimate of drug-likeness (QED) is 0.878. The molecule has 1 aliphatic carbocycles. The first-order valence-electron chi connectivity index (χ1n) is 7.51. The van der Waals surface area contributed by atoms with Crippen LogP contribution in [0.1, 0.15) is 36.0 Å². The number of halogens is 2. The standard InChI is InChI=1S/C18H17ClFNO2/c19-13-5-1-3-11(7-13)15-9-16(15)21-18(23)10-17(22)12-4-2-6-14(20)8-12/h1-8,15-17,22H,9-10H2,(H,21,23). The highest BCUT2D eigenvalue weighted by molar-refractivity contribution is 6.30. The van der Waals surface area contributed by atoms with Crippen LogP contribution in [-0.2, 0) is 4.79 Å². The molecule has 0 radical (unpaired) electrons. The molecule has 1 saturated carbocycles. The van der Waals surface area contributed by atoms with E-state index in [1.807, 2.05) is 24.3 Å². The van der Waals surface area contributed by atoms with Crippen LogP contribution >= 0.6 is 11.6 Å². The van der Waals surface area contributed by atoms with E-state index >= 15 is 0 Å². The van der Waals surface area contributed by atoms with Crippen molar-refractivity contribution in [1.82, 2.24) is 5.32 Å². The maximum atomic E-state index is 13.1. The van der Waals surface area contributed by atoms with E-state index in [0.29, 0.717) is 10.6 Å². The zero-order valence-corrected chi connectivity index (χ0v) is 13.1. The lowest BCUT2D eigenvalue weighted by molar-refractivity contribution is -0.123. The molecule has 3 atom stereocenters. The second-order valence-corrected chi connectivity index (χ2v) is 6.28. The summed E-state index contributed by atoms with van der Waals surface area (Å²) >= 11 is 5.97. The molecule has 1 fully saturated rings. The second-order valence-electron chi connectivity index (χ2n) is 5.85. The number of amides is 1. The van der Waals surface area contributed by atoms with Gasteiger partial charge in [-0.05, 0) is 41.8 Å². The summed E-state index contributed by atoms with van der Waals surface area (Å²) in [6.45, 7) is 0. The lowest BCUT2D eigenvalue weighted by Gasteiger charge is -2.11. The Morgan fingerprint density at radius 3 is 2.83 bits per heavy atom. The summed E-state index contributed by atoms with van der Waals surface area (Å²) in [6, 6.07) is 13.3. The van der Waals surface area contributed by atoms with Crippen LogP contribution in [0.15, 0.2) is 48.5 Å². The van der Waals surface area contributed by atoms with Gasteiger partial charge in [-0.25, -0.2) is 4.39 Å². The normalized spacial score (nSPS) is 20.8. The van der Waals surface area contributed by atoms with Crippen molar-refractivity contribution in [2.75, 3.05) is 0 Å². The van der Waals surface area contributed by atoms with E-state index in [-0.39, 0.29) is 24.3 Å². The molecule has 0 aliphatic heterocycles. The number of aliphatic hydroxyl groups excluding tert-OH is 1. The summed E-state index contributed by atoms with van der Waals surface area (Å²) in [5.74, 6) is -0.398. The number of nitrogens with one attached hydrogen (secondary N) is 1. The smallest absolute Gasteiger partial charge is 0.223 e. The number of hydrogen-bond acceptors (Lipinski definition) is 2. The highest BCUT2D eigenvalue weighted by atomic mass is 35.5. The highest BCUT2D eigenvalue weighted by Gasteiger charge is 2.39. The summed E-state index contributed by atoms with van der Waals surface area (Å²) in [5.41, 5.74) is 1.51. The van der Waals surface area contributed by atoms with Crippen LogP contribution in [-0.4, -0.2) is 17.1 Å². The van der Waals surface area contributed by atoms with Gasteiger partial charge >= 0.3 is 0 Å². The molecule has 3 rings (SSSR count). The number of benzene rings is 2. The predicted molar refractivity (Wildman–Crippen MR) is 86.7 cm³/mol. The zero-order valence-electron chi connectivity index (χ0n) is 12.4. The van der Waals surface area contributed by atoms with Crippen molar-refractivity contribution in [2.45, 2.75) is 30.9 Å². The molecule has 0 aromatic heterocycles. The number of carbonyl (C=O) groups excluding carboxylic acids is 1. The molecule has 1 amide bonds. The fourth-order valence-corrected chi connectivity index (χ4v) is 2.93. The van der Waals surface area contributed by atoms with Gasteiger partial charge < -0.3 is 10.4 Å². The van der Waals surface area contributed by atoms with E-state index in [1.165, 1.54) is 18.2 Å². The molecule has 1 aliphatic rings. The Morgan fingerprint density at radius 1 is 1.30 bits per heavy atom. The van der Waals surface area contributed by atoms with Gasteiger partial charge in [-0.15, -0.1) is 0 Å². The SMILES string of the molecule is O=C(CC(O)c1cccc(F)c1)NC1CC1c1cccc(Cl)c1. The first-order valence-corrected chi connectivity index (χ1v) is 7.89. The Balaban J connectivity index is 1.53. The number of carbonyl (C=O) groups is 1. The van der Waals surface area contributed by atoms with Gasteiger partial charge in [0, 0.05) is 17.0 Å². The van der Waals surface area contributed by atoms with E-state index in [0.717, 1.165) is 12.0 Å². The van der Waals surface area contributed by atoms with Crippen LogP contribution in [0, 0.1) is 5.82 Å². The number of rotatable bonds is 5. The molecule has 3 nitrogen and oxygen atoms in total. The van der Waals surface area contributed by atoms with E-state index in [1.54, 1.807) is 6.07 Å². The molecule has 23 heavy (non-hydrogen) atoms. The van der Waals surface area contributed by atoms with Crippen LogP contribution < -0.4 is 5.32 Å². The molecule has 3 unspecified atom stereocenters. The molecule has 2 N–H and O–H groups in total. The summed E-state index contributed by atoms with van der Waals surface area (Å²) < 4.78 is 13.1. The molecule has 0 heterocycles. The molecule has 0 saturated heterocycles. The van der Waals surface area contributed by atoms with Crippen molar-refractivity contribution < 1.29 is 14.3 Å². The van der Waals surface area contributed by atoms with Gasteiger partial charge in [0.05, 0.1) is 12.5 Å². The Kier molecular flexibility index (Phi) is 4.64. The third-order valence-corrected chi connectivity index (χ3v) is 4.26. The minimum Gasteiger partial charge on any atom is -0.388 e. The third kappa shape index (κ3) is 4.09. The van der Waals surface area contributed by atoms with Crippen LogP contribution in [0.4, 0.5) is 4.39 Å². The molecule has 0 bridgehead atoms. The molecule has 5 heteroatoms. The Labute approximate surface area is 139 Å². The molecular weight excluding hydrogens is 317 g/mol. The summed E-state index contributed by atoms with van der Waals surface area (Å²) in [6.07, 6.45) is -0.223. The van der Waals surface area contributed by atoms with E-state index in [9.17, 15) is 14.3 Å². The van der Waals surface area contributed by atoms with Gasteiger partial charge in [0.1, 0.15) is 5.82 Å². The monoisotopic (exact) mass is 333 g/mol. The summed E-state index contributed by atoms with van der Waals surface area (Å²) in [5, 5.41) is 13.6. The fraction of sp³-hybridized carbons (Fsp3) is 0.278. The fourth-order valence-electron chi connectivity index (χ4n) is 2.73. The minimum absolute atomic E-state index is 0.0701. The average molecular weight is 334 g/mol. The molecule has 120 valence electrons. The minimum atomic E-state index is -1.01. The summed E-state index contributed by atoms with van der Waals surface area (Å²) in [4.78, 5) is 12.0. The van der Waals surface area contributed by atoms with Gasteiger partial charge in [0.2, 0.25) is 5.91 Å². The van der Waals surface area contributed by atoms with Crippen molar-refractivity contribution in [3.63, 3.8) is 0 Å². The Morgan fingerprint density at radius 2 is 2.09 bits per heavy atom. The Hall–Kier alpha value is -1.91. The zero-order chi connectivity index (χ0) is 16.4. The predicted octanol–water partition coefficient (Wildman–Crippen LogP) is 3.57. The topological polar surface area (TPSA) is 49.3 Å². The van der Waals surface area contributed by atoms with Crippen molar-refractivity contribution in [3.05, 3.63) is 70.5 Å². The van der Waals surface area contributed by atoms with Crippen LogP contribution in [0.3, 0.4) is 0 Å². The van der Waals surface area contributed by atoms with Crippen LogP contribution in [0.2, 0.25) is 5.02 Å². The molecule has 0 spiro atoms. The molecule has 2 aromatic carbocycles. The van der Waals surface area contributed by atoms with Gasteiger partial charge in [-0.1, -0.05) is 35.9 Å². The van der Waals surface area contributed by atoms with Crippen molar-refractivity contribution in [3.8, 4) is 0 Å². The third-order valence-electron chi connectivity index (χ3n) is 4.03.